The first-order valence-corrected chi connectivity index (χ1v) is 7.79. The normalized spacial score (nSPS) is 17.4. The van der Waals surface area contributed by atoms with Crippen molar-refractivity contribution in [3.05, 3.63) is 11.1 Å². The molecule has 1 aromatic heterocycles. The van der Waals surface area contributed by atoms with Gasteiger partial charge in [0.2, 0.25) is 5.91 Å². The van der Waals surface area contributed by atoms with Crippen LogP contribution in [0.25, 0.3) is 0 Å². The van der Waals surface area contributed by atoms with Crippen LogP contribution >= 0.6 is 11.3 Å². The molecule has 0 radical (unpaired) electrons. The Morgan fingerprint density at radius 1 is 1.33 bits per heavy atom. The molecule has 0 bridgehead atoms. The average molecular weight is 312 g/mol. The molecule has 0 saturated carbocycles. The van der Waals surface area contributed by atoms with E-state index in [1.807, 2.05) is 10.3 Å². The molecule has 1 saturated heterocycles. The van der Waals surface area contributed by atoms with E-state index in [4.69, 9.17) is 5.11 Å². The molecule has 0 atom stereocenters. The average Bonchev–Trinajstić information content (AvgIpc) is 2.69. The third-order valence-electron chi connectivity index (χ3n) is 3.26. The molecule has 1 fully saturated rings. The summed E-state index contributed by atoms with van der Waals surface area (Å²) in [5.41, 5.74) is 0.940. The van der Waals surface area contributed by atoms with Gasteiger partial charge in [-0.25, -0.2) is 4.98 Å². The number of carboxylic acids is 1. The summed E-state index contributed by atoms with van der Waals surface area (Å²) in [6.07, 6.45) is 0.954. The Labute approximate surface area is 127 Å². The highest BCUT2D eigenvalue weighted by atomic mass is 32.1. The Morgan fingerprint density at radius 3 is 2.76 bits per heavy atom. The molecule has 1 aromatic rings. The van der Waals surface area contributed by atoms with E-state index in [1.54, 1.807) is 0 Å². The SMILES string of the molecule is CC(=O)Nc1nc(CN2CCCN(CC(=O)O)CC2)cs1. The van der Waals surface area contributed by atoms with Crippen molar-refractivity contribution in [3.63, 3.8) is 0 Å². The number of hydrogen-bond donors (Lipinski definition) is 2. The maximum Gasteiger partial charge on any atom is 0.317 e. The summed E-state index contributed by atoms with van der Waals surface area (Å²) in [6, 6.07) is 0. The second-order valence-electron chi connectivity index (χ2n) is 5.12. The van der Waals surface area contributed by atoms with Crippen LogP contribution in [0, 0.1) is 0 Å². The fourth-order valence-electron chi connectivity index (χ4n) is 2.35. The Bertz CT molecular complexity index is 505. The highest BCUT2D eigenvalue weighted by Crippen LogP contribution is 2.17. The molecular weight excluding hydrogens is 292 g/mol. The highest BCUT2D eigenvalue weighted by Gasteiger charge is 2.17. The van der Waals surface area contributed by atoms with Crippen LogP contribution in [0.15, 0.2) is 5.38 Å². The molecule has 21 heavy (non-hydrogen) atoms. The molecule has 2 rings (SSSR count). The quantitative estimate of drug-likeness (QED) is 0.832. The lowest BCUT2D eigenvalue weighted by Gasteiger charge is -2.19. The van der Waals surface area contributed by atoms with Gasteiger partial charge in [0.1, 0.15) is 0 Å². The van der Waals surface area contributed by atoms with Gasteiger partial charge in [0.25, 0.3) is 0 Å². The Balaban J connectivity index is 1.84. The van der Waals surface area contributed by atoms with Crippen molar-refractivity contribution >= 4 is 28.3 Å². The van der Waals surface area contributed by atoms with Gasteiger partial charge in [0.15, 0.2) is 5.13 Å². The number of rotatable bonds is 5. The fraction of sp³-hybridized carbons (Fsp3) is 0.615. The smallest absolute Gasteiger partial charge is 0.317 e. The number of carbonyl (C=O) groups excluding carboxylic acids is 1. The molecule has 2 heterocycles. The number of carboxylic acid groups (broad SMARTS) is 1. The molecule has 0 aromatic carbocycles. The Kier molecular flexibility index (Phi) is 5.66. The first-order chi connectivity index (χ1) is 10.0. The molecule has 1 amide bonds. The molecule has 7 nitrogen and oxygen atoms in total. The summed E-state index contributed by atoms with van der Waals surface area (Å²) in [4.78, 5) is 30.3. The van der Waals surface area contributed by atoms with Crippen molar-refractivity contribution in [2.45, 2.75) is 19.9 Å². The van der Waals surface area contributed by atoms with Crippen molar-refractivity contribution in [3.8, 4) is 0 Å². The minimum Gasteiger partial charge on any atom is -0.480 e. The number of nitrogens with zero attached hydrogens (tertiary/aromatic N) is 3. The molecule has 1 aliphatic heterocycles. The van der Waals surface area contributed by atoms with Gasteiger partial charge in [0.05, 0.1) is 12.2 Å². The summed E-state index contributed by atoms with van der Waals surface area (Å²) >= 11 is 1.42. The Morgan fingerprint density at radius 2 is 2.05 bits per heavy atom. The number of hydrogen-bond acceptors (Lipinski definition) is 6. The molecule has 0 spiro atoms. The van der Waals surface area contributed by atoms with Crippen LogP contribution < -0.4 is 5.32 Å². The number of amides is 1. The van der Waals surface area contributed by atoms with Gasteiger partial charge in [-0.15, -0.1) is 11.3 Å². The topological polar surface area (TPSA) is 85.8 Å². The van der Waals surface area contributed by atoms with Crippen LogP contribution in [0.3, 0.4) is 0 Å². The number of thiazole rings is 1. The van der Waals surface area contributed by atoms with Crippen molar-refractivity contribution in [2.75, 3.05) is 38.0 Å². The molecule has 2 N–H and O–H groups in total. The zero-order valence-electron chi connectivity index (χ0n) is 12.0. The number of carbonyl (C=O) groups is 2. The van der Waals surface area contributed by atoms with E-state index < -0.39 is 5.97 Å². The standard InChI is InChI=1S/C13H20N4O3S/c1-10(18)14-13-15-11(9-21-13)7-16-3-2-4-17(6-5-16)8-12(19)20/h9H,2-8H2,1H3,(H,19,20)(H,14,15,18). The van der Waals surface area contributed by atoms with Gasteiger partial charge in [-0.1, -0.05) is 0 Å². The lowest BCUT2D eigenvalue weighted by atomic mass is 10.3. The van der Waals surface area contributed by atoms with Crippen molar-refractivity contribution in [2.24, 2.45) is 0 Å². The molecule has 8 heteroatoms. The van der Waals surface area contributed by atoms with Gasteiger partial charge in [-0.05, 0) is 13.0 Å². The van der Waals surface area contributed by atoms with Crippen LogP contribution in [-0.2, 0) is 16.1 Å². The zero-order valence-corrected chi connectivity index (χ0v) is 12.9. The van der Waals surface area contributed by atoms with Crippen LogP contribution in [0.2, 0.25) is 0 Å². The van der Waals surface area contributed by atoms with E-state index in [0.717, 1.165) is 44.8 Å². The van der Waals surface area contributed by atoms with Crippen LogP contribution in [0.4, 0.5) is 5.13 Å². The third kappa shape index (κ3) is 5.41. The van der Waals surface area contributed by atoms with E-state index in [2.05, 4.69) is 15.2 Å². The van der Waals surface area contributed by atoms with Gasteiger partial charge >= 0.3 is 5.97 Å². The second kappa shape index (κ2) is 7.48. The van der Waals surface area contributed by atoms with Gasteiger partial charge in [-0.2, -0.15) is 0 Å². The van der Waals surface area contributed by atoms with Crippen LogP contribution in [0.5, 0.6) is 0 Å². The summed E-state index contributed by atoms with van der Waals surface area (Å²) < 4.78 is 0. The predicted octanol–water partition coefficient (Wildman–Crippen LogP) is 0.694. The fourth-order valence-corrected chi connectivity index (χ4v) is 3.10. The van der Waals surface area contributed by atoms with Crippen LogP contribution in [0.1, 0.15) is 19.0 Å². The number of nitrogens with one attached hydrogen (secondary N) is 1. The van der Waals surface area contributed by atoms with E-state index in [9.17, 15) is 9.59 Å². The molecular formula is C13H20N4O3S. The van der Waals surface area contributed by atoms with E-state index in [-0.39, 0.29) is 12.5 Å². The van der Waals surface area contributed by atoms with Crippen molar-refractivity contribution < 1.29 is 14.7 Å². The molecule has 116 valence electrons. The van der Waals surface area contributed by atoms with Gasteiger partial charge in [0, 0.05) is 38.5 Å². The summed E-state index contributed by atoms with van der Waals surface area (Å²) in [6.45, 7) is 5.65. The van der Waals surface area contributed by atoms with E-state index >= 15 is 0 Å². The highest BCUT2D eigenvalue weighted by molar-refractivity contribution is 7.13. The maximum absolute atomic E-state index is 11.0. The lowest BCUT2D eigenvalue weighted by Crippen LogP contribution is -2.34. The van der Waals surface area contributed by atoms with Crippen molar-refractivity contribution in [1.29, 1.82) is 0 Å². The minimum atomic E-state index is -0.775. The molecule has 1 aliphatic rings. The van der Waals surface area contributed by atoms with E-state index in [1.165, 1.54) is 18.3 Å². The first-order valence-electron chi connectivity index (χ1n) is 6.91. The largest absolute Gasteiger partial charge is 0.480 e. The van der Waals surface area contributed by atoms with Gasteiger partial charge in [-0.3, -0.25) is 19.4 Å². The van der Waals surface area contributed by atoms with Gasteiger partial charge < -0.3 is 10.4 Å². The Hall–Kier alpha value is -1.51. The number of anilines is 1. The monoisotopic (exact) mass is 312 g/mol. The van der Waals surface area contributed by atoms with E-state index in [0.29, 0.717) is 5.13 Å². The second-order valence-corrected chi connectivity index (χ2v) is 5.98. The summed E-state index contributed by atoms with van der Waals surface area (Å²) in [5, 5.41) is 14.1. The molecule has 0 unspecified atom stereocenters. The third-order valence-corrected chi connectivity index (χ3v) is 4.07. The maximum atomic E-state index is 11.0. The number of aliphatic carboxylic acids is 1. The predicted molar refractivity (Wildman–Crippen MR) is 80.4 cm³/mol. The first kappa shape index (κ1) is 15.9. The van der Waals surface area contributed by atoms with Crippen LogP contribution in [-0.4, -0.2) is 64.5 Å². The molecule has 0 aliphatic carbocycles. The van der Waals surface area contributed by atoms with Crippen molar-refractivity contribution in [1.82, 2.24) is 14.8 Å². The minimum absolute atomic E-state index is 0.108. The summed E-state index contributed by atoms with van der Waals surface area (Å²) in [5.74, 6) is -0.891. The summed E-state index contributed by atoms with van der Waals surface area (Å²) in [7, 11) is 0. The lowest BCUT2D eigenvalue weighted by molar-refractivity contribution is -0.138. The zero-order chi connectivity index (χ0) is 15.2. The number of aromatic nitrogens is 1.